The Balaban J connectivity index is 1.67. The molecule has 1 aliphatic rings. The number of sulfone groups is 1. The molecule has 2 aromatic rings. The minimum Gasteiger partial charge on any atom is -0.338 e. The van der Waals surface area contributed by atoms with Gasteiger partial charge in [0.2, 0.25) is 5.91 Å². The third-order valence-corrected chi connectivity index (χ3v) is 7.43. The van der Waals surface area contributed by atoms with E-state index in [4.69, 9.17) is 0 Å². The maximum atomic E-state index is 12.5. The molecule has 0 bridgehead atoms. The number of hydrogen-bond donors (Lipinski definition) is 0. The Kier molecular flexibility index (Phi) is 4.88. The molecule has 1 amide bonds. The van der Waals surface area contributed by atoms with Crippen molar-refractivity contribution in [3.8, 4) is 0 Å². The Bertz CT molecular complexity index is 819. The lowest BCUT2D eigenvalue weighted by Crippen LogP contribution is -2.41. The third kappa shape index (κ3) is 3.67. The normalized spacial score (nSPS) is 20.0. The molecule has 1 unspecified atom stereocenters. The number of carbonyl (C=O) groups excluding carboxylic acids is 1. The van der Waals surface area contributed by atoms with E-state index in [1.807, 2.05) is 18.4 Å². The lowest BCUT2D eigenvalue weighted by Gasteiger charge is -2.26. The fourth-order valence-electron chi connectivity index (χ4n) is 2.75. The van der Waals surface area contributed by atoms with Crippen LogP contribution in [0.25, 0.3) is 10.2 Å². The van der Waals surface area contributed by atoms with E-state index in [9.17, 15) is 13.2 Å². The molecule has 23 heavy (non-hydrogen) atoms. The van der Waals surface area contributed by atoms with Crippen LogP contribution in [0.15, 0.2) is 22.8 Å². The zero-order chi connectivity index (χ0) is 16.4. The summed E-state index contributed by atoms with van der Waals surface area (Å²) >= 11 is 2.92. The molecule has 3 rings (SSSR count). The lowest BCUT2D eigenvalue weighted by atomic mass is 10.2. The molecular formula is C14H17N3O3S3. The molecule has 0 N–H and O–H groups in total. The zero-order valence-corrected chi connectivity index (χ0v) is 15.1. The molecule has 9 heteroatoms. The van der Waals surface area contributed by atoms with Crippen molar-refractivity contribution < 1.29 is 13.2 Å². The van der Waals surface area contributed by atoms with Crippen molar-refractivity contribution in [2.24, 2.45) is 0 Å². The van der Waals surface area contributed by atoms with Gasteiger partial charge in [0.25, 0.3) is 0 Å². The summed E-state index contributed by atoms with van der Waals surface area (Å²) in [6.07, 6.45) is 2.04. The van der Waals surface area contributed by atoms with Crippen LogP contribution in [0, 0.1) is 0 Å². The van der Waals surface area contributed by atoms with Crippen LogP contribution in [0.2, 0.25) is 0 Å². The van der Waals surface area contributed by atoms with E-state index in [2.05, 4.69) is 9.97 Å². The van der Waals surface area contributed by atoms with Crippen molar-refractivity contribution in [1.82, 2.24) is 14.9 Å². The summed E-state index contributed by atoms with van der Waals surface area (Å²) < 4.78 is 23.2. The molecule has 1 aliphatic heterocycles. The van der Waals surface area contributed by atoms with Gasteiger partial charge in [-0.2, -0.15) is 0 Å². The van der Waals surface area contributed by atoms with Gasteiger partial charge in [0.15, 0.2) is 9.84 Å². The van der Waals surface area contributed by atoms with E-state index in [-0.39, 0.29) is 29.2 Å². The SMILES string of the molecule is CCN(C(=O)CSc1ncnc2sccc12)C1CCS(=O)(=O)C1. The highest BCUT2D eigenvalue weighted by Gasteiger charge is 2.33. The second-order valence-corrected chi connectivity index (χ2v) is 9.43. The molecule has 124 valence electrons. The van der Waals surface area contributed by atoms with Crippen LogP contribution in [-0.2, 0) is 14.6 Å². The van der Waals surface area contributed by atoms with Crippen molar-refractivity contribution in [3.05, 3.63) is 17.8 Å². The van der Waals surface area contributed by atoms with Crippen LogP contribution in [0.4, 0.5) is 0 Å². The smallest absolute Gasteiger partial charge is 0.233 e. The van der Waals surface area contributed by atoms with E-state index in [1.165, 1.54) is 18.1 Å². The zero-order valence-electron chi connectivity index (χ0n) is 12.6. The second kappa shape index (κ2) is 6.74. The van der Waals surface area contributed by atoms with Gasteiger partial charge in [-0.25, -0.2) is 18.4 Å². The molecule has 0 saturated carbocycles. The van der Waals surface area contributed by atoms with Crippen LogP contribution in [0.3, 0.4) is 0 Å². The summed E-state index contributed by atoms with van der Waals surface area (Å²) in [6, 6.07) is 1.76. The van der Waals surface area contributed by atoms with Crippen molar-refractivity contribution in [3.63, 3.8) is 0 Å². The van der Waals surface area contributed by atoms with Crippen LogP contribution in [-0.4, -0.2) is 59.0 Å². The molecular weight excluding hydrogens is 354 g/mol. The standard InChI is InChI=1S/C14H17N3O3S3/c1-2-17(10-4-6-23(19,20)8-10)12(18)7-22-14-11-3-5-21-13(11)15-9-16-14/h3,5,9-10H,2,4,6-8H2,1H3. The largest absolute Gasteiger partial charge is 0.338 e. The average molecular weight is 372 g/mol. The van der Waals surface area contributed by atoms with Crippen LogP contribution in [0.5, 0.6) is 0 Å². The number of amides is 1. The third-order valence-electron chi connectivity index (χ3n) is 3.87. The number of nitrogens with zero attached hydrogens (tertiary/aromatic N) is 3. The lowest BCUT2D eigenvalue weighted by molar-refractivity contribution is -0.129. The second-order valence-electron chi connectivity index (χ2n) is 5.34. The van der Waals surface area contributed by atoms with E-state index in [1.54, 1.807) is 16.2 Å². The van der Waals surface area contributed by atoms with Crippen LogP contribution >= 0.6 is 23.1 Å². The Morgan fingerprint density at radius 2 is 2.30 bits per heavy atom. The number of thiophene rings is 1. The number of carbonyl (C=O) groups is 1. The summed E-state index contributed by atoms with van der Waals surface area (Å²) in [4.78, 5) is 23.5. The van der Waals surface area contributed by atoms with Crippen molar-refractivity contribution in [1.29, 1.82) is 0 Å². The molecule has 0 radical (unpaired) electrons. The van der Waals surface area contributed by atoms with Gasteiger partial charge >= 0.3 is 0 Å². The Hall–Kier alpha value is -1.19. The molecule has 1 saturated heterocycles. The van der Waals surface area contributed by atoms with Gasteiger partial charge in [-0.3, -0.25) is 4.79 Å². The molecule has 0 aromatic carbocycles. The molecule has 1 atom stereocenters. The summed E-state index contributed by atoms with van der Waals surface area (Å²) in [5.74, 6) is 0.476. The first-order valence-electron chi connectivity index (χ1n) is 7.31. The van der Waals surface area contributed by atoms with Crippen LogP contribution in [0.1, 0.15) is 13.3 Å². The summed E-state index contributed by atoms with van der Waals surface area (Å²) in [5.41, 5.74) is 0. The van der Waals surface area contributed by atoms with Gasteiger partial charge in [0.05, 0.1) is 17.3 Å². The highest BCUT2D eigenvalue weighted by molar-refractivity contribution is 8.00. The number of aromatic nitrogens is 2. The van der Waals surface area contributed by atoms with Crippen molar-refractivity contribution in [2.45, 2.75) is 24.4 Å². The van der Waals surface area contributed by atoms with Gasteiger partial charge in [-0.15, -0.1) is 11.3 Å². The van der Waals surface area contributed by atoms with E-state index in [0.29, 0.717) is 13.0 Å². The molecule has 0 spiro atoms. The van der Waals surface area contributed by atoms with Gasteiger partial charge in [0.1, 0.15) is 16.2 Å². The topological polar surface area (TPSA) is 80.2 Å². The Morgan fingerprint density at radius 3 is 3.00 bits per heavy atom. The molecule has 1 fully saturated rings. The summed E-state index contributed by atoms with van der Waals surface area (Å²) in [7, 11) is -2.99. The molecule has 2 aromatic heterocycles. The Labute approximate surface area is 143 Å². The fraction of sp³-hybridized carbons (Fsp3) is 0.500. The quantitative estimate of drug-likeness (QED) is 0.589. The number of rotatable bonds is 5. The van der Waals surface area contributed by atoms with E-state index < -0.39 is 9.84 Å². The molecule has 0 aliphatic carbocycles. The van der Waals surface area contributed by atoms with Gasteiger partial charge < -0.3 is 4.90 Å². The van der Waals surface area contributed by atoms with Crippen molar-refractivity contribution in [2.75, 3.05) is 23.8 Å². The van der Waals surface area contributed by atoms with E-state index >= 15 is 0 Å². The predicted molar refractivity (Wildman–Crippen MR) is 92.6 cm³/mol. The predicted octanol–water partition coefficient (Wildman–Crippen LogP) is 1.82. The maximum absolute atomic E-state index is 12.5. The highest BCUT2D eigenvalue weighted by Crippen LogP contribution is 2.28. The minimum absolute atomic E-state index is 0.0402. The highest BCUT2D eigenvalue weighted by atomic mass is 32.2. The average Bonchev–Trinajstić information content (AvgIpc) is 3.12. The summed E-state index contributed by atoms with van der Waals surface area (Å²) in [5, 5.41) is 3.70. The number of hydrogen-bond acceptors (Lipinski definition) is 7. The monoisotopic (exact) mass is 371 g/mol. The minimum atomic E-state index is -2.99. The summed E-state index contributed by atoms with van der Waals surface area (Å²) in [6.45, 7) is 2.41. The van der Waals surface area contributed by atoms with E-state index in [0.717, 1.165) is 15.2 Å². The number of fused-ring (bicyclic) bond motifs is 1. The van der Waals surface area contributed by atoms with Crippen molar-refractivity contribution >= 4 is 49.1 Å². The molecule has 3 heterocycles. The fourth-order valence-corrected chi connectivity index (χ4v) is 6.15. The first-order chi connectivity index (χ1) is 11.0. The first kappa shape index (κ1) is 16.7. The van der Waals surface area contributed by atoms with Gasteiger partial charge in [-0.1, -0.05) is 11.8 Å². The van der Waals surface area contributed by atoms with Crippen LogP contribution < -0.4 is 0 Å². The first-order valence-corrected chi connectivity index (χ1v) is 11.0. The maximum Gasteiger partial charge on any atom is 0.233 e. The number of thioether (sulfide) groups is 1. The van der Waals surface area contributed by atoms with Gasteiger partial charge in [0, 0.05) is 18.0 Å². The Morgan fingerprint density at radius 1 is 1.48 bits per heavy atom. The molecule has 6 nitrogen and oxygen atoms in total. The van der Waals surface area contributed by atoms with Gasteiger partial charge in [-0.05, 0) is 24.8 Å².